The Morgan fingerprint density at radius 2 is 2.06 bits per heavy atom. The van der Waals surface area contributed by atoms with Crippen LogP contribution in [-0.4, -0.2) is 10.1 Å². The van der Waals surface area contributed by atoms with E-state index in [1.807, 2.05) is 31.2 Å². The van der Waals surface area contributed by atoms with Gasteiger partial charge in [-0.15, -0.1) is 0 Å². The Balaban J connectivity index is 2.10. The summed E-state index contributed by atoms with van der Waals surface area (Å²) in [5.41, 5.74) is 3.93. The number of halogens is 1. The molecule has 3 nitrogen and oxygen atoms in total. The molecule has 90 valence electrons. The van der Waals surface area contributed by atoms with Crippen LogP contribution >= 0.6 is 15.9 Å². The fraction of sp³-hybridized carbons (Fsp3) is 0.143. The van der Waals surface area contributed by atoms with Crippen molar-refractivity contribution in [2.24, 2.45) is 0 Å². The van der Waals surface area contributed by atoms with Crippen LogP contribution in [0.1, 0.15) is 11.5 Å². The van der Waals surface area contributed by atoms with Crippen LogP contribution in [0.15, 0.2) is 40.9 Å². The minimum absolute atomic E-state index is 0.675. The highest BCUT2D eigenvalue weighted by Gasteiger charge is 2.06. The second kappa shape index (κ2) is 4.53. The van der Waals surface area contributed by atoms with Crippen LogP contribution in [0.3, 0.4) is 0 Å². The van der Waals surface area contributed by atoms with Crippen LogP contribution in [0.25, 0.3) is 22.2 Å². The van der Waals surface area contributed by atoms with Crippen molar-refractivity contribution in [2.45, 2.75) is 12.3 Å². The second-order valence-corrected chi connectivity index (χ2v) is 4.73. The van der Waals surface area contributed by atoms with Gasteiger partial charge in [0, 0.05) is 22.7 Å². The summed E-state index contributed by atoms with van der Waals surface area (Å²) in [4.78, 5) is 4.48. The molecule has 0 aliphatic carbocycles. The third-order valence-electron chi connectivity index (χ3n) is 2.81. The summed E-state index contributed by atoms with van der Waals surface area (Å²) >= 11 is 3.35. The van der Waals surface area contributed by atoms with Gasteiger partial charge in [-0.2, -0.15) is 0 Å². The lowest BCUT2D eigenvalue weighted by Crippen LogP contribution is -1.84. The fourth-order valence-corrected chi connectivity index (χ4v) is 2.16. The van der Waals surface area contributed by atoms with Gasteiger partial charge >= 0.3 is 0 Å². The first-order chi connectivity index (χ1) is 8.76. The van der Waals surface area contributed by atoms with Crippen LogP contribution in [0.4, 0.5) is 0 Å². The molecule has 3 rings (SSSR count). The molecule has 0 atom stereocenters. The lowest BCUT2D eigenvalue weighted by molar-refractivity contribution is 0.398. The molecule has 0 radical (unpaired) electrons. The number of aromatic nitrogens is 2. The molecule has 18 heavy (non-hydrogen) atoms. The SMILES string of the molecule is Cc1ccc2cc(-c3cc(CBr)on3)ccc2n1. The Kier molecular flexibility index (Phi) is 2.88. The number of alkyl halides is 1. The first kappa shape index (κ1) is 11.4. The highest BCUT2D eigenvalue weighted by Crippen LogP contribution is 2.24. The van der Waals surface area contributed by atoms with Crippen molar-refractivity contribution >= 4 is 26.8 Å². The van der Waals surface area contributed by atoms with Crippen molar-refractivity contribution < 1.29 is 4.52 Å². The summed E-state index contributed by atoms with van der Waals surface area (Å²) in [7, 11) is 0. The highest BCUT2D eigenvalue weighted by molar-refractivity contribution is 9.08. The van der Waals surface area contributed by atoms with E-state index in [1.165, 1.54) is 0 Å². The van der Waals surface area contributed by atoms with E-state index >= 15 is 0 Å². The van der Waals surface area contributed by atoms with E-state index < -0.39 is 0 Å². The first-order valence-electron chi connectivity index (χ1n) is 5.65. The van der Waals surface area contributed by atoms with Gasteiger partial charge in [-0.05, 0) is 25.1 Å². The van der Waals surface area contributed by atoms with Gasteiger partial charge in [-0.3, -0.25) is 4.98 Å². The zero-order chi connectivity index (χ0) is 12.5. The average Bonchev–Trinajstić information content (AvgIpc) is 2.87. The van der Waals surface area contributed by atoms with Crippen molar-refractivity contribution in [2.75, 3.05) is 0 Å². The number of fused-ring (bicyclic) bond motifs is 1. The van der Waals surface area contributed by atoms with Gasteiger partial charge in [-0.1, -0.05) is 33.2 Å². The van der Waals surface area contributed by atoms with Crippen LogP contribution in [0.5, 0.6) is 0 Å². The molecule has 2 aromatic heterocycles. The topological polar surface area (TPSA) is 38.9 Å². The standard InChI is InChI=1S/C14H11BrN2O/c1-9-2-3-10-6-11(4-5-13(10)16-9)14-7-12(8-15)18-17-14/h2-7H,8H2,1H3. The highest BCUT2D eigenvalue weighted by atomic mass is 79.9. The van der Waals surface area contributed by atoms with Gasteiger partial charge in [0.25, 0.3) is 0 Å². The summed E-state index contributed by atoms with van der Waals surface area (Å²) in [5, 5.41) is 5.84. The zero-order valence-corrected chi connectivity index (χ0v) is 11.4. The molecule has 1 aromatic carbocycles. The maximum Gasteiger partial charge on any atom is 0.147 e. The Hall–Kier alpha value is -1.68. The molecule has 0 spiro atoms. The molecule has 4 heteroatoms. The first-order valence-corrected chi connectivity index (χ1v) is 6.78. The van der Waals surface area contributed by atoms with E-state index in [0.717, 1.165) is 33.6 Å². The van der Waals surface area contributed by atoms with Crippen LogP contribution in [0, 0.1) is 6.92 Å². The van der Waals surface area contributed by atoms with Crippen LogP contribution in [0.2, 0.25) is 0 Å². The predicted octanol–water partition coefficient (Wildman–Crippen LogP) is 4.09. The summed E-state index contributed by atoms with van der Waals surface area (Å²) in [6.07, 6.45) is 0. The molecule has 0 saturated carbocycles. The van der Waals surface area contributed by atoms with E-state index in [2.05, 4.69) is 38.2 Å². The number of hydrogen-bond donors (Lipinski definition) is 0. The maximum atomic E-state index is 5.19. The molecule has 3 aromatic rings. The van der Waals surface area contributed by atoms with Crippen LogP contribution in [-0.2, 0) is 5.33 Å². The molecule has 0 fully saturated rings. The Labute approximate surface area is 113 Å². The number of aryl methyl sites for hydroxylation is 1. The molecular formula is C14H11BrN2O. The second-order valence-electron chi connectivity index (χ2n) is 4.17. The quantitative estimate of drug-likeness (QED) is 0.669. The Bertz CT molecular complexity index is 706. The van der Waals surface area contributed by atoms with Gasteiger partial charge in [-0.25, -0.2) is 0 Å². The minimum atomic E-state index is 0.675. The number of benzene rings is 1. The fourth-order valence-electron chi connectivity index (χ4n) is 1.90. The van der Waals surface area contributed by atoms with E-state index in [-0.39, 0.29) is 0 Å². The maximum absolute atomic E-state index is 5.19. The lowest BCUT2D eigenvalue weighted by Gasteiger charge is -2.01. The summed E-state index contributed by atoms with van der Waals surface area (Å²) in [5.74, 6) is 0.826. The van der Waals surface area contributed by atoms with Crippen molar-refractivity contribution in [1.29, 1.82) is 0 Å². The molecule has 0 unspecified atom stereocenters. The normalized spacial score (nSPS) is 11.0. The number of rotatable bonds is 2. The number of pyridine rings is 1. The average molecular weight is 303 g/mol. The summed E-state index contributed by atoms with van der Waals surface area (Å²) < 4.78 is 5.19. The monoisotopic (exact) mass is 302 g/mol. The molecule has 0 aliphatic heterocycles. The minimum Gasteiger partial charge on any atom is -0.360 e. The third kappa shape index (κ3) is 2.04. The van der Waals surface area contributed by atoms with E-state index in [4.69, 9.17) is 4.52 Å². The van der Waals surface area contributed by atoms with E-state index in [1.54, 1.807) is 0 Å². The molecule has 0 bridgehead atoms. The predicted molar refractivity (Wildman–Crippen MR) is 74.6 cm³/mol. The molecule has 2 heterocycles. The van der Waals surface area contributed by atoms with Gasteiger partial charge in [0.2, 0.25) is 0 Å². The van der Waals surface area contributed by atoms with Crippen molar-refractivity contribution in [3.63, 3.8) is 0 Å². The molecule has 0 aliphatic rings. The van der Waals surface area contributed by atoms with Crippen LogP contribution < -0.4 is 0 Å². The largest absolute Gasteiger partial charge is 0.360 e. The summed E-state index contributed by atoms with van der Waals surface area (Å²) in [6, 6.07) is 12.1. The Morgan fingerprint density at radius 1 is 1.17 bits per heavy atom. The van der Waals surface area contributed by atoms with E-state index in [0.29, 0.717) is 5.33 Å². The van der Waals surface area contributed by atoms with Crippen molar-refractivity contribution in [1.82, 2.24) is 10.1 Å². The number of nitrogens with zero attached hydrogens (tertiary/aromatic N) is 2. The van der Waals surface area contributed by atoms with Crippen molar-refractivity contribution in [3.05, 3.63) is 47.9 Å². The van der Waals surface area contributed by atoms with Gasteiger partial charge in [0.15, 0.2) is 0 Å². The van der Waals surface area contributed by atoms with Gasteiger partial charge in [0.05, 0.1) is 10.8 Å². The van der Waals surface area contributed by atoms with E-state index in [9.17, 15) is 0 Å². The molecular weight excluding hydrogens is 292 g/mol. The third-order valence-corrected chi connectivity index (χ3v) is 3.37. The molecule has 0 saturated heterocycles. The summed E-state index contributed by atoms with van der Waals surface area (Å²) in [6.45, 7) is 1.99. The zero-order valence-electron chi connectivity index (χ0n) is 9.85. The lowest BCUT2D eigenvalue weighted by atomic mass is 10.1. The van der Waals surface area contributed by atoms with Crippen molar-refractivity contribution in [3.8, 4) is 11.3 Å². The molecule has 0 amide bonds. The van der Waals surface area contributed by atoms with Gasteiger partial charge < -0.3 is 4.52 Å². The van der Waals surface area contributed by atoms with Gasteiger partial charge in [0.1, 0.15) is 11.5 Å². The smallest absolute Gasteiger partial charge is 0.147 e. The molecule has 0 N–H and O–H groups in total. The Morgan fingerprint density at radius 3 is 2.83 bits per heavy atom. The number of hydrogen-bond acceptors (Lipinski definition) is 3.